The van der Waals surface area contributed by atoms with E-state index in [-0.39, 0.29) is 0 Å². The van der Waals surface area contributed by atoms with E-state index in [1.54, 1.807) is 12.4 Å². The van der Waals surface area contributed by atoms with Crippen LogP contribution in [-0.4, -0.2) is 28.5 Å². The van der Waals surface area contributed by atoms with E-state index in [9.17, 15) is 0 Å². The lowest BCUT2D eigenvalue weighted by molar-refractivity contribution is 0.300. The minimum Gasteiger partial charge on any atom is -0.307 e. The molecule has 1 heterocycles. The summed E-state index contributed by atoms with van der Waals surface area (Å²) in [5.74, 6) is 6.54. The van der Waals surface area contributed by atoms with Crippen LogP contribution in [-0.2, 0) is 6.54 Å². The fourth-order valence-corrected chi connectivity index (χ4v) is 1.35. The van der Waals surface area contributed by atoms with Crippen LogP contribution < -0.4 is 11.3 Å². The van der Waals surface area contributed by atoms with Gasteiger partial charge in [-0.2, -0.15) is 0 Å². The third-order valence-electron chi connectivity index (χ3n) is 2.37. The molecule has 0 atom stereocenters. The van der Waals surface area contributed by atoms with Gasteiger partial charge >= 0.3 is 0 Å². The van der Waals surface area contributed by atoms with Gasteiger partial charge in [0.2, 0.25) is 0 Å². The Bertz CT molecular complexity index is 296. The Labute approximate surface area is 97.0 Å². The number of nitrogens with zero attached hydrogens (tertiary/aromatic N) is 3. The molecular formula is C11H21N5. The monoisotopic (exact) mass is 223 g/mol. The number of nitrogens with one attached hydrogen (secondary N) is 1. The van der Waals surface area contributed by atoms with Gasteiger partial charge in [0, 0.05) is 6.54 Å². The predicted octanol–water partition coefficient (Wildman–Crippen LogP) is 1.24. The molecule has 0 saturated heterocycles. The third-order valence-corrected chi connectivity index (χ3v) is 2.37. The zero-order valence-corrected chi connectivity index (χ0v) is 10.3. The van der Waals surface area contributed by atoms with E-state index in [4.69, 9.17) is 5.84 Å². The first-order chi connectivity index (χ1) is 7.61. The highest BCUT2D eigenvalue weighted by atomic mass is 15.3. The molecule has 1 aromatic heterocycles. The summed E-state index contributed by atoms with van der Waals surface area (Å²) in [7, 11) is 2.10. The number of aromatic nitrogens is 2. The lowest BCUT2D eigenvalue weighted by Crippen LogP contribution is -2.21. The number of rotatable bonds is 6. The molecule has 0 bridgehead atoms. The van der Waals surface area contributed by atoms with Crippen molar-refractivity contribution in [3.8, 4) is 0 Å². The van der Waals surface area contributed by atoms with Gasteiger partial charge in [0.1, 0.15) is 0 Å². The first kappa shape index (κ1) is 12.9. The summed E-state index contributed by atoms with van der Waals surface area (Å²) >= 11 is 0. The van der Waals surface area contributed by atoms with E-state index in [0.717, 1.165) is 24.7 Å². The van der Waals surface area contributed by atoms with Gasteiger partial charge in [0.15, 0.2) is 5.82 Å². The van der Waals surface area contributed by atoms with E-state index in [1.165, 1.54) is 6.42 Å². The van der Waals surface area contributed by atoms with Crippen LogP contribution in [0.1, 0.15) is 26.0 Å². The number of hydrogen-bond donors (Lipinski definition) is 2. The van der Waals surface area contributed by atoms with Crippen molar-refractivity contribution >= 4 is 5.82 Å². The van der Waals surface area contributed by atoms with Gasteiger partial charge in [-0.25, -0.2) is 10.8 Å². The fourth-order valence-electron chi connectivity index (χ4n) is 1.35. The standard InChI is InChI=1S/C11H21N5/c1-9(2)4-5-16(3)8-10-6-14-11(15-12)7-13-10/h6-7,9H,4-5,8,12H2,1-3H3,(H,14,15). The first-order valence-corrected chi connectivity index (χ1v) is 5.58. The van der Waals surface area contributed by atoms with Gasteiger partial charge in [-0.15, -0.1) is 0 Å². The Morgan fingerprint density at radius 3 is 2.62 bits per heavy atom. The molecule has 0 aliphatic heterocycles. The van der Waals surface area contributed by atoms with E-state index in [1.807, 2.05) is 0 Å². The van der Waals surface area contributed by atoms with E-state index in [0.29, 0.717) is 5.82 Å². The summed E-state index contributed by atoms with van der Waals surface area (Å²) < 4.78 is 0. The number of nitrogen functional groups attached to an aromatic ring is 1. The van der Waals surface area contributed by atoms with Crippen LogP contribution >= 0.6 is 0 Å². The van der Waals surface area contributed by atoms with Crippen LogP contribution in [0.3, 0.4) is 0 Å². The van der Waals surface area contributed by atoms with Crippen molar-refractivity contribution < 1.29 is 0 Å². The number of hydrazine groups is 1. The molecule has 3 N–H and O–H groups in total. The third kappa shape index (κ3) is 4.55. The second kappa shape index (κ2) is 6.40. The first-order valence-electron chi connectivity index (χ1n) is 5.58. The van der Waals surface area contributed by atoms with E-state index in [2.05, 4.69) is 41.2 Å². The Morgan fingerprint density at radius 1 is 1.38 bits per heavy atom. The quantitative estimate of drug-likeness (QED) is 0.561. The topological polar surface area (TPSA) is 67.1 Å². The predicted molar refractivity (Wildman–Crippen MR) is 65.6 cm³/mol. The second-order valence-electron chi connectivity index (χ2n) is 4.46. The molecule has 0 aliphatic carbocycles. The smallest absolute Gasteiger partial charge is 0.158 e. The molecule has 16 heavy (non-hydrogen) atoms. The average Bonchev–Trinajstić information content (AvgIpc) is 2.27. The van der Waals surface area contributed by atoms with Crippen molar-refractivity contribution in [3.63, 3.8) is 0 Å². The molecule has 0 saturated carbocycles. The van der Waals surface area contributed by atoms with Gasteiger partial charge in [-0.3, -0.25) is 4.98 Å². The number of nitrogens with two attached hydrogens (primary N) is 1. The molecule has 5 nitrogen and oxygen atoms in total. The van der Waals surface area contributed by atoms with Gasteiger partial charge in [0.05, 0.1) is 18.1 Å². The maximum absolute atomic E-state index is 5.22. The summed E-state index contributed by atoms with van der Waals surface area (Å²) in [5.41, 5.74) is 3.42. The zero-order valence-electron chi connectivity index (χ0n) is 10.3. The Balaban J connectivity index is 2.40. The van der Waals surface area contributed by atoms with Crippen LogP contribution in [0.2, 0.25) is 0 Å². The van der Waals surface area contributed by atoms with Crippen LogP contribution in [0, 0.1) is 5.92 Å². The molecule has 90 valence electrons. The Kier molecular flexibility index (Phi) is 5.14. The van der Waals surface area contributed by atoms with Gasteiger partial charge in [-0.05, 0) is 25.9 Å². The molecular weight excluding hydrogens is 202 g/mol. The minimum atomic E-state index is 0.591. The molecule has 0 unspecified atom stereocenters. The van der Waals surface area contributed by atoms with Gasteiger partial charge in [0.25, 0.3) is 0 Å². The summed E-state index contributed by atoms with van der Waals surface area (Å²) in [6.07, 6.45) is 4.60. The van der Waals surface area contributed by atoms with Crippen molar-refractivity contribution in [1.29, 1.82) is 0 Å². The van der Waals surface area contributed by atoms with Crippen LogP contribution in [0.15, 0.2) is 12.4 Å². The largest absolute Gasteiger partial charge is 0.307 e. The molecule has 0 radical (unpaired) electrons. The zero-order chi connectivity index (χ0) is 12.0. The summed E-state index contributed by atoms with van der Waals surface area (Å²) in [6, 6.07) is 0. The average molecular weight is 223 g/mol. The molecule has 1 rings (SSSR count). The van der Waals surface area contributed by atoms with Crippen molar-refractivity contribution in [2.75, 3.05) is 19.0 Å². The highest BCUT2D eigenvalue weighted by Crippen LogP contribution is 2.05. The summed E-state index contributed by atoms with van der Waals surface area (Å²) in [5, 5.41) is 0. The number of anilines is 1. The van der Waals surface area contributed by atoms with Crippen LogP contribution in [0.4, 0.5) is 5.82 Å². The molecule has 0 aromatic carbocycles. The molecule has 1 aromatic rings. The summed E-state index contributed by atoms with van der Waals surface area (Å²) in [6.45, 7) is 6.37. The van der Waals surface area contributed by atoms with Crippen LogP contribution in [0.5, 0.6) is 0 Å². The van der Waals surface area contributed by atoms with Crippen molar-refractivity contribution in [2.24, 2.45) is 11.8 Å². The SMILES string of the molecule is CC(C)CCN(C)Cc1cnc(NN)cn1. The van der Waals surface area contributed by atoms with Gasteiger partial charge in [-0.1, -0.05) is 13.8 Å². The van der Waals surface area contributed by atoms with Crippen molar-refractivity contribution in [2.45, 2.75) is 26.8 Å². The van der Waals surface area contributed by atoms with E-state index < -0.39 is 0 Å². The van der Waals surface area contributed by atoms with Gasteiger partial charge < -0.3 is 10.3 Å². The maximum Gasteiger partial charge on any atom is 0.158 e. The summed E-state index contributed by atoms with van der Waals surface area (Å²) in [4.78, 5) is 10.6. The number of hydrogen-bond acceptors (Lipinski definition) is 5. The molecule has 0 spiro atoms. The molecule has 5 heteroatoms. The Morgan fingerprint density at radius 2 is 2.12 bits per heavy atom. The lowest BCUT2D eigenvalue weighted by Gasteiger charge is -2.17. The normalized spacial score (nSPS) is 11.1. The highest BCUT2D eigenvalue weighted by molar-refractivity contribution is 5.28. The maximum atomic E-state index is 5.22. The highest BCUT2D eigenvalue weighted by Gasteiger charge is 2.03. The lowest BCUT2D eigenvalue weighted by atomic mass is 10.1. The Hall–Kier alpha value is -1.20. The van der Waals surface area contributed by atoms with Crippen molar-refractivity contribution in [3.05, 3.63) is 18.1 Å². The molecule has 0 fully saturated rings. The minimum absolute atomic E-state index is 0.591. The fraction of sp³-hybridized carbons (Fsp3) is 0.636. The van der Waals surface area contributed by atoms with Crippen molar-refractivity contribution in [1.82, 2.24) is 14.9 Å². The second-order valence-corrected chi connectivity index (χ2v) is 4.46. The molecule has 0 amide bonds. The van der Waals surface area contributed by atoms with Crippen LogP contribution in [0.25, 0.3) is 0 Å². The molecule has 0 aliphatic rings. The van der Waals surface area contributed by atoms with E-state index >= 15 is 0 Å².